The van der Waals surface area contributed by atoms with Crippen molar-refractivity contribution in [1.29, 1.82) is 0 Å². The minimum atomic E-state index is -4.43. The minimum Gasteiger partial charge on any atom is -0.273 e. The van der Waals surface area contributed by atoms with Crippen molar-refractivity contribution in [1.82, 2.24) is 4.31 Å². The third kappa shape index (κ3) is 3.56. The first-order chi connectivity index (χ1) is 11.7. The summed E-state index contributed by atoms with van der Waals surface area (Å²) in [6.07, 6.45) is -2.64. The van der Waals surface area contributed by atoms with Gasteiger partial charge in [0.05, 0.1) is 10.5 Å². The molecule has 0 unspecified atom stereocenters. The maximum absolute atomic E-state index is 12.8. The molecule has 1 aliphatic rings. The van der Waals surface area contributed by atoms with Gasteiger partial charge in [-0.2, -0.15) is 13.2 Å². The average molecular weight is 367 g/mol. The van der Waals surface area contributed by atoms with E-state index < -0.39 is 21.8 Å². The van der Waals surface area contributed by atoms with E-state index in [-0.39, 0.29) is 11.4 Å². The van der Waals surface area contributed by atoms with Crippen LogP contribution in [0.2, 0.25) is 0 Å². The molecule has 0 saturated heterocycles. The summed E-state index contributed by atoms with van der Waals surface area (Å²) >= 11 is 0. The largest absolute Gasteiger partial charge is 0.416 e. The van der Waals surface area contributed by atoms with Crippen LogP contribution in [0.15, 0.2) is 59.6 Å². The summed E-state index contributed by atoms with van der Waals surface area (Å²) in [5, 5.41) is 0. The Labute approximate surface area is 144 Å². The van der Waals surface area contributed by atoms with Crippen LogP contribution < -0.4 is 0 Å². The van der Waals surface area contributed by atoms with Crippen LogP contribution in [0.1, 0.15) is 23.1 Å². The van der Waals surface area contributed by atoms with Gasteiger partial charge in [-0.15, -0.1) is 0 Å². The number of sulfonamides is 1. The molecule has 0 N–H and O–H groups in total. The highest BCUT2D eigenvalue weighted by Crippen LogP contribution is 2.34. The smallest absolute Gasteiger partial charge is 0.273 e. The molecule has 0 saturated carbocycles. The predicted octanol–water partition coefficient (Wildman–Crippen LogP) is 4.45. The van der Waals surface area contributed by atoms with Crippen LogP contribution >= 0.6 is 0 Å². The standard InChI is InChI=1S/C18H16F3NO2S/c1-13-5-7-17(8-6-13)25(23,24)22-10-9-15(12-22)14-3-2-4-16(11-14)18(19,20)21/h2-8,11-12H,9-10H2,1H3. The van der Waals surface area contributed by atoms with Crippen LogP contribution in [0, 0.1) is 6.92 Å². The van der Waals surface area contributed by atoms with Gasteiger partial charge in [0.15, 0.2) is 0 Å². The SMILES string of the molecule is Cc1ccc(S(=O)(=O)N2C=C(c3cccc(C(F)(F)F)c3)CC2)cc1. The zero-order valence-electron chi connectivity index (χ0n) is 13.4. The Morgan fingerprint density at radius 1 is 1.04 bits per heavy atom. The van der Waals surface area contributed by atoms with Gasteiger partial charge in [-0.25, -0.2) is 8.42 Å². The maximum Gasteiger partial charge on any atom is 0.416 e. The Bertz CT molecular complexity index is 916. The van der Waals surface area contributed by atoms with Gasteiger partial charge in [0.1, 0.15) is 0 Å². The van der Waals surface area contributed by atoms with Gasteiger partial charge in [-0.1, -0.05) is 29.8 Å². The molecule has 1 heterocycles. The van der Waals surface area contributed by atoms with Crippen LogP contribution in [0.3, 0.4) is 0 Å². The number of aryl methyl sites for hydroxylation is 1. The van der Waals surface area contributed by atoms with Gasteiger partial charge < -0.3 is 0 Å². The fourth-order valence-corrected chi connectivity index (χ4v) is 4.03. The van der Waals surface area contributed by atoms with E-state index in [2.05, 4.69) is 0 Å². The van der Waals surface area contributed by atoms with E-state index in [1.807, 2.05) is 6.92 Å². The number of hydrogen-bond acceptors (Lipinski definition) is 2. The molecular formula is C18H16F3NO2S. The molecule has 0 fully saturated rings. The lowest BCUT2D eigenvalue weighted by Gasteiger charge is -2.15. The third-order valence-corrected chi connectivity index (χ3v) is 5.86. The van der Waals surface area contributed by atoms with E-state index in [1.54, 1.807) is 18.2 Å². The summed E-state index contributed by atoms with van der Waals surface area (Å²) in [5.74, 6) is 0. The van der Waals surface area contributed by atoms with Crippen LogP contribution in [-0.2, 0) is 16.2 Å². The minimum absolute atomic E-state index is 0.166. The van der Waals surface area contributed by atoms with E-state index in [1.165, 1.54) is 28.7 Å². The summed E-state index contributed by atoms with van der Waals surface area (Å²) in [4.78, 5) is 0.166. The van der Waals surface area contributed by atoms with Gasteiger partial charge in [0.2, 0.25) is 0 Å². The van der Waals surface area contributed by atoms with Gasteiger partial charge in [-0.05, 0) is 48.7 Å². The first-order valence-corrected chi connectivity index (χ1v) is 9.09. The van der Waals surface area contributed by atoms with E-state index in [4.69, 9.17) is 0 Å². The molecule has 0 spiro atoms. The number of halogens is 3. The molecule has 0 atom stereocenters. The molecule has 0 amide bonds. The van der Waals surface area contributed by atoms with Crippen molar-refractivity contribution < 1.29 is 21.6 Å². The summed E-state index contributed by atoms with van der Waals surface area (Å²) < 4.78 is 65.0. The fraction of sp³-hybridized carbons (Fsp3) is 0.222. The van der Waals surface area contributed by atoms with Crippen molar-refractivity contribution >= 4 is 15.6 Å². The second-order valence-electron chi connectivity index (χ2n) is 5.91. The molecule has 0 bridgehead atoms. The van der Waals surface area contributed by atoms with Crippen LogP contribution in [-0.4, -0.2) is 19.3 Å². The molecule has 1 aliphatic heterocycles. The van der Waals surface area contributed by atoms with E-state index in [0.717, 1.165) is 17.7 Å². The summed E-state index contributed by atoms with van der Waals surface area (Å²) in [6.45, 7) is 2.07. The van der Waals surface area contributed by atoms with Crippen molar-refractivity contribution in [3.8, 4) is 0 Å². The topological polar surface area (TPSA) is 37.4 Å². The molecule has 2 aromatic rings. The van der Waals surface area contributed by atoms with E-state index in [9.17, 15) is 21.6 Å². The van der Waals surface area contributed by atoms with E-state index in [0.29, 0.717) is 17.6 Å². The highest BCUT2D eigenvalue weighted by molar-refractivity contribution is 7.89. The maximum atomic E-state index is 12.8. The van der Waals surface area contributed by atoms with Crippen molar-refractivity contribution in [3.63, 3.8) is 0 Å². The second kappa shape index (κ2) is 6.22. The quantitative estimate of drug-likeness (QED) is 0.804. The molecule has 7 heteroatoms. The Balaban J connectivity index is 1.91. The number of hydrogen-bond donors (Lipinski definition) is 0. The summed E-state index contributed by atoms with van der Waals surface area (Å²) in [6, 6.07) is 11.4. The zero-order chi connectivity index (χ0) is 18.2. The Kier molecular flexibility index (Phi) is 4.36. The number of rotatable bonds is 3. The first-order valence-electron chi connectivity index (χ1n) is 7.65. The summed E-state index contributed by atoms with van der Waals surface area (Å²) in [7, 11) is -3.70. The van der Waals surface area contributed by atoms with Crippen LogP contribution in [0.5, 0.6) is 0 Å². The average Bonchev–Trinajstić information content (AvgIpc) is 3.05. The first kappa shape index (κ1) is 17.5. The van der Waals surface area contributed by atoms with Crippen molar-refractivity contribution in [2.75, 3.05) is 6.54 Å². The lowest BCUT2D eigenvalue weighted by Crippen LogP contribution is -2.23. The van der Waals surface area contributed by atoms with Gasteiger partial charge in [-0.3, -0.25) is 4.31 Å². The zero-order valence-corrected chi connectivity index (χ0v) is 14.2. The third-order valence-electron chi connectivity index (χ3n) is 4.09. The fourth-order valence-electron chi connectivity index (χ4n) is 2.68. The molecular weight excluding hydrogens is 351 g/mol. The predicted molar refractivity (Wildman–Crippen MR) is 89.1 cm³/mol. The molecule has 132 valence electrons. The monoisotopic (exact) mass is 367 g/mol. The Morgan fingerprint density at radius 2 is 1.72 bits per heavy atom. The molecule has 2 aromatic carbocycles. The van der Waals surface area contributed by atoms with Crippen LogP contribution in [0.25, 0.3) is 5.57 Å². The lowest BCUT2D eigenvalue weighted by molar-refractivity contribution is -0.137. The van der Waals surface area contributed by atoms with Crippen molar-refractivity contribution in [3.05, 3.63) is 71.4 Å². The second-order valence-corrected chi connectivity index (χ2v) is 7.80. The van der Waals surface area contributed by atoms with Gasteiger partial charge in [0.25, 0.3) is 10.0 Å². The molecule has 0 aromatic heterocycles. The van der Waals surface area contributed by atoms with E-state index >= 15 is 0 Å². The lowest BCUT2D eigenvalue weighted by atomic mass is 10.0. The van der Waals surface area contributed by atoms with Crippen LogP contribution in [0.4, 0.5) is 13.2 Å². The number of benzene rings is 2. The summed E-state index contributed by atoms with van der Waals surface area (Å²) in [5.41, 5.74) is 1.16. The Hall–Kier alpha value is -2.28. The van der Waals surface area contributed by atoms with Gasteiger partial charge in [0, 0.05) is 12.7 Å². The molecule has 0 radical (unpaired) electrons. The highest BCUT2D eigenvalue weighted by atomic mass is 32.2. The number of alkyl halides is 3. The van der Waals surface area contributed by atoms with Crippen molar-refractivity contribution in [2.45, 2.75) is 24.4 Å². The van der Waals surface area contributed by atoms with Crippen molar-refractivity contribution in [2.24, 2.45) is 0 Å². The highest BCUT2D eigenvalue weighted by Gasteiger charge is 2.31. The molecule has 0 aliphatic carbocycles. The molecule has 25 heavy (non-hydrogen) atoms. The number of nitrogens with zero attached hydrogens (tertiary/aromatic N) is 1. The normalized spacial score (nSPS) is 15.4. The Morgan fingerprint density at radius 3 is 2.36 bits per heavy atom. The van der Waals surface area contributed by atoms with Gasteiger partial charge >= 0.3 is 6.18 Å². The molecule has 3 rings (SSSR count). The molecule has 3 nitrogen and oxygen atoms in total.